The number of benzene rings is 2. The van der Waals surface area contributed by atoms with E-state index in [1.165, 1.54) is 0 Å². The number of nitrogen functional groups attached to an aromatic ring is 1. The van der Waals surface area contributed by atoms with Gasteiger partial charge in [-0.15, -0.1) is 0 Å². The van der Waals surface area contributed by atoms with Gasteiger partial charge in [0, 0.05) is 18.1 Å². The first-order chi connectivity index (χ1) is 8.18. The second-order valence-electron chi connectivity index (χ2n) is 4.18. The molecule has 2 N–H and O–H groups in total. The molecule has 1 aliphatic heterocycles. The van der Waals surface area contributed by atoms with Crippen LogP contribution in [0, 0.1) is 0 Å². The van der Waals surface area contributed by atoms with Crippen LogP contribution in [0.4, 0.5) is 5.69 Å². The zero-order valence-electron chi connectivity index (χ0n) is 9.47. The number of anilines is 1. The summed E-state index contributed by atoms with van der Waals surface area (Å²) in [4.78, 5) is 12.0. The number of fused-ring (bicyclic) bond motifs is 2. The van der Waals surface area contributed by atoms with Crippen LogP contribution in [0.3, 0.4) is 0 Å². The van der Waals surface area contributed by atoms with Gasteiger partial charge >= 0.3 is 0 Å². The predicted molar refractivity (Wildman–Crippen MR) is 70.2 cm³/mol. The van der Waals surface area contributed by atoms with Crippen LogP contribution in [0.1, 0.15) is 0 Å². The first-order valence-electron chi connectivity index (χ1n) is 5.45. The van der Waals surface area contributed by atoms with Crippen LogP contribution < -0.4 is 11.2 Å². The molecular formula is C14H12N2O. The van der Waals surface area contributed by atoms with Crippen molar-refractivity contribution < 1.29 is 0 Å². The monoisotopic (exact) mass is 224 g/mol. The molecule has 0 radical (unpaired) electrons. The Morgan fingerprint density at radius 1 is 1.12 bits per heavy atom. The van der Waals surface area contributed by atoms with Crippen LogP contribution in [0.25, 0.3) is 22.2 Å². The Kier molecular flexibility index (Phi) is 1.95. The molecule has 0 fully saturated rings. The van der Waals surface area contributed by atoms with Gasteiger partial charge in [0.05, 0.1) is 11.4 Å². The van der Waals surface area contributed by atoms with Crippen LogP contribution in [-0.2, 0) is 7.05 Å². The topological polar surface area (TPSA) is 48.0 Å². The highest BCUT2D eigenvalue weighted by atomic mass is 16.1. The van der Waals surface area contributed by atoms with E-state index in [-0.39, 0.29) is 5.43 Å². The van der Waals surface area contributed by atoms with Crippen molar-refractivity contribution in [2.45, 2.75) is 0 Å². The Bertz CT molecular complexity index is 743. The molecule has 0 saturated carbocycles. The Morgan fingerprint density at radius 2 is 1.88 bits per heavy atom. The number of aromatic nitrogens is 1. The number of rotatable bonds is 0. The summed E-state index contributed by atoms with van der Waals surface area (Å²) >= 11 is 0. The fourth-order valence-corrected chi connectivity index (χ4v) is 2.24. The molecule has 0 spiro atoms. The van der Waals surface area contributed by atoms with E-state index in [0.29, 0.717) is 11.3 Å². The number of aryl methyl sites for hydroxylation is 1. The lowest BCUT2D eigenvalue weighted by Gasteiger charge is -2.15. The average Bonchev–Trinajstić information content (AvgIpc) is 2.35. The smallest absolute Gasteiger partial charge is 0.210 e. The zero-order valence-corrected chi connectivity index (χ0v) is 9.47. The Balaban J connectivity index is 2.60. The average molecular weight is 224 g/mol. The molecule has 1 aromatic rings. The van der Waals surface area contributed by atoms with Crippen LogP contribution in [-0.4, -0.2) is 4.57 Å². The molecule has 0 amide bonds. The summed E-state index contributed by atoms with van der Waals surface area (Å²) in [7, 11) is 1.96. The van der Waals surface area contributed by atoms with Gasteiger partial charge < -0.3 is 10.3 Å². The highest BCUT2D eigenvalue weighted by molar-refractivity contribution is 5.87. The predicted octanol–water partition coefficient (Wildman–Crippen LogP) is 2.23. The van der Waals surface area contributed by atoms with Crippen molar-refractivity contribution in [2.24, 2.45) is 7.05 Å². The maximum atomic E-state index is 12.0. The number of pyridine rings is 1. The second-order valence-corrected chi connectivity index (χ2v) is 4.18. The van der Waals surface area contributed by atoms with Crippen molar-refractivity contribution >= 4 is 16.6 Å². The van der Waals surface area contributed by atoms with E-state index >= 15 is 0 Å². The number of hydrogen-bond donors (Lipinski definition) is 1. The zero-order chi connectivity index (χ0) is 12.0. The normalized spacial score (nSPS) is 11.1. The van der Waals surface area contributed by atoms with Crippen molar-refractivity contribution in [3.05, 3.63) is 52.7 Å². The Morgan fingerprint density at radius 3 is 2.71 bits per heavy atom. The lowest BCUT2D eigenvalue weighted by atomic mass is 10.0. The molecule has 0 unspecified atom stereocenters. The standard InChI is InChI=1S/C14H12N2O/c1-16-12-5-3-2-4-9(12)8-10-13(16)7-6-11(15)14(10)17/h2-8H,15H2,1H3. The minimum absolute atomic E-state index is 0.0937. The molecule has 84 valence electrons. The highest BCUT2D eigenvalue weighted by Crippen LogP contribution is 2.25. The third kappa shape index (κ3) is 1.32. The molecule has 2 aliphatic rings. The summed E-state index contributed by atoms with van der Waals surface area (Å²) in [5, 5.41) is 1.05. The molecule has 17 heavy (non-hydrogen) atoms. The number of nitrogens with zero attached hydrogens (tertiary/aromatic N) is 1. The summed E-state index contributed by atoms with van der Waals surface area (Å²) in [6, 6.07) is 13.4. The Labute approximate surface area is 98.4 Å². The highest BCUT2D eigenvalue weighted by Gasteiger charge is 2.12. The molecule has 3 nitrogen and oxygen atoms in total. The minimum atomic E-state index is -0.0937. The SMILES string of the molecule is Cn1c2ccc(N)c(=O)c-2cc2ccccc21. The van der Waals surface area contributed by atoms with Gasteiger partial charge in [0.15, 0.2) is 0 Å². The van der Waals surface area contributed by atoms with E-state index in [0.717, 1.165) is 16.6 Å². The lowest BCUT2D eigenvalue weighted by molar-refractivity contribution is 0.960. The van der Waals surface area contributed by atoms with Crippen molar-refractivity contribution in [1.82, 2.24) is 4.57 Å². The molecule has 0 atom stereocenters. The second kappa shape index (κ2) is 3.35. The van der Waals surface area contributed by atoms with E-state index in [1.807, 2.05) is 48.0 Å². The van der Waals surface area contributed by atoms with Crippen LogP contribution in [0.5, 0.6) is 0 Å². The van der Waals surface area contributed by atoms with Crippen LogP contribution >= 0.6 is 0 Å². The van der Waals surface area contributed by atoms with Gasteiger partial charge in [-0.05, 0) is 29.7 Å². The van der Waals surface area contributed by atoms with Crippen molar-refractivity contribution in [1.29, 1.82) is 0 Å². The molecule has 1 aromatic carbocycles. The van der Waals surface area contributed by atoms with Crippen molar-refractivity contribution in [3.63, 3.8) is 0 Å². The van der Waals surface area contributed by atoms with Gasteiger partial charge in [-0.2, -0.15) is 0 Å². The van der Waals surface area contributed by atoms with E-state index in [4.69, 9.17) is 5.73 Å². The fourth-order valence-electron chi connectivity index (χ4n) is 2.24. The number of nitrogens with two attached hydrogens (primary N) is 1. The van der Waals surface area contributed by atoms with Gasteiger partial charge in [0.2, 0.25) is 5.43 Å². The van der Waals surface area contributed by atoms with Crippen molar-refractivity contribution in [3.8, 4) is 11.3 Å². The first kappa shape index (κ1) is 9.90. The molecule has 1 aliphatic carbocycles. The maximum Gasteiger partial charge on any atom is 0.210 e. The molecule has 0 saturated heterocycles. The number of hydrogen-bond acceptors (Lipinski definition) is 2. The first-order valence-corrected chi connectivity index (χ1v) is 5.45. The van der Waals surface area contributed by atoms with Gasteiger partial charge in [0.1, 0.15) is 0 Å². The third-order valence-electron chi connectivity index (χ3n) is 3.16. The molecule has 3 rings (SSSR count). The van der Waals surface area contributed by atoms with Gasteiger partial charge in [-0.25, -0.2) is 0 Å². The fraction of sp³-hybridized carbons (Fsp3) is 0.0714. The van der Waals surface area contributed by atoms with Gasteiger partial charge in [-0.3, -0.25) is 4.79 Å². The van der Waals surface area contributed by atoms with Gasteiger partial charge in [-0.1, -0.05) is 18.2 Å². The van der Waals surface area contributed by atoms with E-state index < -0.39 is 0 Å². The summed E-state index contributed by atoms with van der Waals surface area (Å²) in [5.74, 6) is 0. The third-order valence-corrected chi connectivity index (χ3v) is 3.16. The Hall–Kier alpha value is -2.29. The molecule has 3 heteroatoms. The van der Waals surface area contributed by atoms with Crippen LogP contribution in [0.2, 0.25) is 0 Å². The quantitative estimate of drug-likeness (QED) is 0.470. The number of para-hydroxylation sites is 1. The van der Waals surface area contributed by atoms with E-state index in [1.54, 1.807) is 6.07 Å². The minimum Gasteiger partial charge on any atom is -0.396 e. The van der Waals surface area contributed by atoms with Crippen LogP contribution in [0.15, 0.2) is 47.3 Å². The summed E-state index contributed by atoms with van der Waals surface area (Å²) < 4.78 is 2.02. The largest absolute Gasteiger partial charge is 0.396 e. The summed E-state index contributed by atoms with van der Waals surface area (Å²) in [6.45, 7) is 0. The van der Waals surface area contributed by atoms with E-state index in [9.17, 15) is 4.79 Å². The van der Waals surface area contributed by atoms with E-state index in [2.05, 4.69) is 0 Å². The maximum absolute atomic E-state index is 12.0. The lowest BCUT2D eigenvalue weighted by Crippen LogP contribution is -2.14. The van der Waals surface area contributed by atoms with Gasteiger partial charge in [0.25, 0.3) is 0 Å². The molecule has 0 bridgehead atoms. The van der Waals surface area contributed by atoms with Crippen molar-refractivity contribution in [2.75, 3.05) is 5.73 Å². The molecule has 0 aromatic heterocycles. The molecule has 1 heterocycles. The summed E-state index contributed by atoms with van der Waals surface area (Å²) in [6.07, 6.45) is 0. The molecular weight excluding hydrogens is 212 g/mol. The summed E-state index contributed by atoms with van der Waals surface area (Å²) in [5.41, 5.74) is 8.54.